The van der Waals surface area contributed by atoms with Crippen LogP contribution in [0.25, 0.3) is 11.0 Å². The Hall–Kier alpha value is -2.41. The number of rotatable bonds is 6. The van der Waals surface area contributed by atoms with Gasteiger partial charge in [-0.2, -0.15) is 5.10 Å². The van der Waals surface area contributed by atoms with Crippen molar-refractivity contribution in [2.75, 3.05) is 11.9 Å². The Bertz CT molecular complexity index is 984. The van der Waals surface area contributed by atoms with E-state index in [-0.39, 0.29) is 11.9 Å². The molecule has 6 nitrogen and oxygen atoms in total. The lowest BCUT2D eigenvalue weighted by atomic mass is 10.1. The predicted octanol–water partition coefficient (Wildman–Crippen LogP) is 5.12. The zero-order chi connectivity index (χ0) is 19.6. The second-order valence-corrected chi connectivity index (χ2v) is 7.34. The second-order valence-electron chi connectivity index (χ2n) is 6.42. The topological polar surface area (TPSA) is 69.0 Å². The zero-order valence-electron chi connectivity index (χ0n) is 15.9. The van der Waals surface area contributed by atoms with Gasteiger partial charge in [0.15, 0.2) is 5.65 Å². The maximum atomic E-state index is 13.0. The lowest BCUT2D eigenvalue weighted by Crippen LogP contribution is -2.14. The number of nitrogens with zero attached hydrogens (tertiary/aromatic N) is 3. The average Bonchev–Trinajstić information content (AvgIpc) is 3.06. The van der Waals surface area contributed by atoms with Crippen molar-refractivity contribution in [1.29, 1.82) is 0 Å². The number of aryl methyl sites for hydroxylation is 1. The number of amides is 1. The molecule has 1 amide bonds. The summed E-state index contributed by atoms with van der Waals surface area (Å²) in [4.78, 5) is 17.7. The van der Waals surface area contributed by atoms with Gasteiger partial charge in [0.1, 0.15) is 5.75 Å². The van der Waals surface area contributed by atoms with Crippen molar-refractivity contribution in [2.45, 2.75) is 40.2 Å². The summed E-state index contributed by atoms with van der Waals surface area (Å²) in [6, 6.07) is 7.54. The number of hydrogen-bond acceptors (Lipinski definition) is 4. The summed E-state index contributed by atoms with van der Waals surface area (Å²) in [6.07, 6.45) is 2.65. The molecule has 0 saturated heterocycles. The fourth-order valence-corrected chi connectivity index (χ4v) is 3.26. The number of carbonyl (C=O) groups excluding carboxylic acids is 1. The SMILES string of the molecule is CCOc1ccc(Br)cc1NC(=O)c1cc(C)nc2c1cnn2C(C)CC. The molecular formula is C20H23BrN4O2. The van der Waals surface area contributed by atoms with Gasteiger partial charge in [0.05, 0.1) is 35.5 Å². The monoisotopic (exact) mass is 430 g/mol. The first-order valence-corrected chi connectivity index (χ1v) is 9.82. The summed E-state index contributed by atoms with van der Waals surface area (Å²) in [7, 11) is 0. The molecule has 0 aliphatic carbocycles. The number of hydrogen-bond donors (Lipinski definition) is 1. The quantitative estimate of drug-likeness (QED) is 0.588. The first-order valence-electron chi connectivity index (χ1n) is 9.03. The largest absolute Gasteiger partial charge is 0.492 e. The lowest BCUT2D eigenvalue weighted by molar-refractivity contribution is 0.102. The first-order chi connectivity index (χ1) is 12.9. The molecule has 27 heavy (non-hydrogen) atoms. The molecule has 0 fully saturated rings. The van der Waals surface area contributed by atoms with E-state index in [0.717, 1.165) is 27.6 Å². The standard InChI is InChI=1S/C20H23BrN4O2/c1-5-13(4)25-19-16(11-22-25)15(9-12(3)23-19)20(26)24-17-10-14(21)7-8-18(17)27-6-2/h7-11,13H,5-6H2,1-4H3,(H,24,26). The van der Waals surface area contributed by atoms with Crippen molar-refractivity contribution in [3.8, 4) is 5.75 Å². The molecule has 0 aliphatic rings. The minimum absolute atomic E-state index is 0.211. The summed E-state index contributed by atoms with van der Waals surface area (Å²) in [5.74, 6) is 0.416. The predicted molar refractivity (Wildman–Crippen MR) is 111 cm³/mol. The number of pyridine rings is 1. The van der Waals surface area contributed by atoms with Gasteiger partial charge in [0.25, 0.3) is 5.91 Å². The number of aromatic nitrogens is 3. The number of benzene rings is 1. The van der Waals surface area contributed by atoms with Gasteiger partial charge in [-0.05, 0) is 51.5 Å². The molecule has 3 aromatic rings. The van der Waals surface area contributed by atoms with Crippen LogP contribution < -0.4 is 10.1 Å². The Morgan fingerprint density at radius 3 is 2.81 bits per heavy atom. The number of anilines is 1. The molecule has 142 valence electrons. The van der Waals surface area contributed by atoms with Crippen LogP contribution in [0.15, 0.2) is 34.9 Å². The van der Waals surface area contributed by atoms with E-state index in [2.05, 4.69) is 45.2 Å². The van der Waals surface area contributed by atoms with E-state index in [9.17, 15) is 4.79 Å². The van der Waals surface area contributed by atoms with Crippen LogP contribution in [0, 0.1) is 6.92 Å². The van der Waals surface area contributed by atoms with Gasteiger partial charge in [-0.25, -0.2) is 9.67 Å². The van der Waals surface area contributed by atoms with E-state index in [4.69, 9.17) is 4.74 Å². The van der Waals surface area contributed by atoms with E-state index < -0.39 is 0 Å². The lowest BCUT2D eigenvalue weighted by Gasteiger charge is -2.13. The molecular weight excluding hydrogens is 408 g/mol. The smallest absolute Gasteiger partial charge is 0.256 e. The molecule has 0 saturated carbocycles. The van der Waals surface area contributed by atoms with E-state index in [1.165, 1.54) is 0 Å². The summed E-state index contributed by atoms with van der Waals surface area (Å²) >= 11 is 3.44. The Morgan fingerprint density at radius 1 is 1.33 bits per heavy atom. The fourth-order valence-electron chi connectivity index (χ4n) is 2.90. The van der Waals surface area contributed by atoms with Crippen molar-refractivity contribution in [3.63, 3.8) is 0 Å². The second kappa shape index (κ2) is 8.08. The Labute approximate surface area is 167 Å². The number of carbonyl (C=O) groups is 1. The minimum atomic E-state index is -0.215. The van der Waals surface area contributed by atoms with Crippen molar-refractivity contribution in [3.05, 3.63) is 46.2 Å². The van der Waals surface area contributed by atoms with Crippen LogP contribution in [-0.2, 0) is 0 Å². The highest BCUT2D eigenvalue weighted by atomic mass is 79.9. The highest BCUT2D eigenvalue weighted by molar-refractivity contribution is 9.10. The summed E-state index contributed by atoms with van der Waals surface area (Å²) in [5.41, 5.74) is 2.67. The Balaban J connectivity index is 2.02. The van der Waals surface area contributed by atoms with E-state index >= 15 is 0 Å². The number of halogens is 1. The number of fused-ring (bicyclic) bond motifs is 1. The van der Waals surface area contributed by atoms with Gasteiger partial charge >= 0.3 is 0 Å². The average molecular weight is 431 g/mol. The molecule has 1 unspecified atom stereocenters. The van der Waals surface area contributed by atoms with Crippen LogP contribution in [0.3, 0.4) is 0 Å². The Kier molecular flexibility index (Phi) is 5.79. The number of ether oxygens (including phenoxy) is 1. The van der Waals surface area contributed by atoms with Crippen LogP contribution in [0.1, 0.15) is 49.3 Å². The van der Waals surface area contributed by atoms with E-state index in [1.54, 1.807) is 12.3 Å². The molecule has 0 spiro atoms. The van der Waals surface area contributed by atoms with Crippen LogP contribution in [0.4, 0.5) is 5.69 Å². The van der Waals surface area contributed by atoms with Crippen molar-refractivity contribution in [1.82, 2.24) is 14.8 Å². The molecule has 0 aliphatic heterocycles. The van der Waals surface area contributed by atoms with Gasteiger partial charge in [-0.3, -0.25) is 4.79 Å². The Morgan fingerprint density at radius 2 is 2.11 bits per heavy atom. The highest BCUT2D eigenvalue weighted by Crippen LogP contribution is 2.30. The maximum Gasteiger partial charge on any atom is 0.256 e. The molecule has 3 rings (SSSR count). The van der Waals surface area contributed by atoms with Crippen LogP contribution in [0.2, 0.25) is 0 Å². The summed E-state index contributed by atoms with van der Waals surface area (Å²) in [6.45, 7) is 8.50. The molecule has 1 aromatic carbocycles. The molecule has 0 bridgehead atoms. The molecule has 1 atom stereocenters. The van der Waals surface area contributed by atoms with Crippen LogP contribution in [0.5, 0.6) is 5.75 Å². The van der Waals surface area contributed by atoms with E-state index in [1.807, 2.05) is 36.7 Å². The summed E-state index contributed by atoms with van der Waals surface area (Å²) in [5, 5.41) is 8.17. The fraction of sp³-hybridized carbons (Fsp3) is 0.350. The maximum absolute atomic E-state index is 13.0. The van der Waals surface area contributed by atoms with Gasteiger partial charge in [-0.15, -0.1) is 0 Å². The third-order valence-corrected chi connectivity index (χ3v) is 4.93. The third-order valence-electron chi connectivity index (χ3n) is 4.44. The third kappa shape index (κ3) is 3.98. The van der Waals surface area contributed by atoms with E-state index in [0.29, 0.717) is 23.6 Å². The van der Waals surface area contributed by atoms with Crippen LogP contribution in [-0.4, -0.2) is 27.3 Å². The van der Waals surface area contributed by atoms with Crippen molar-refractivity contribution >= 4 is 38.6 Å². The molecule has 0 radical (unpaired) electrons. The normalized spacial score (nSPS) is 12.2. The van der Waals surface area contributed by atoms with Gasteiger partial charge in [-0.1, -0.05) is 22.9 Å². The molecule has 2 heterocycles. The number of nitrogens with one attached hydrogen (secondary N) is 1. The van der Waals surface area contributed by atoms with Crippen LogP contribution >= 0.6 is 15.9 Å². The van der Waals surface area contributed by atoms with Gasteiger partial charge < -0.3 is 10.1 Å². The molecule has 7 heteroatoms. The molecule has 2 aromatic heterocycles. The summed E-state index contributed by atoms with van der Waals surface area (Å²) < 4.78 is 8.37. The van der Waals surface area contributed by atoms with Crippen molar-refractivity contribution < 1.29 is 9.53 Å². The van der Waals surface area contributed by atoms with Gasteiger partial charge in [0.2, 0.25) is 0 Å². The van der Waals surface area contributed by atoms with Crippen molar-refractivity contribution in [2.24, 2.45) is 0 Å². The minimum Gasteiger partial charge on any atom is -0.492 e. The zero-order valence-corrected chi connectivity index (χ0v) is 17.5. The van der Waals surface area contributed by atoms with Gasteiger partial charge in [0, 0.05) is 10.2 Å². The first kappa shape index (κ1) is 19.4. The highest BCUT2D eigenvalue weighted by Gasteiger charge is 2.19. The molecule has 1 N–H and O–H groups in total.